The predicted octanol–water partition coefficient (Wildman–Crippen LogP) is 1.50. The zero-order valence-corrected chi connectivity index (χ0v) is 12.8. The number of piperidine rings is 1. The third-order valence-corrected chi connectivity index (χ3v) is 4.50. The van der Waals surface area contributed by atoms with E-state index in [9.17, 15) is 4.79 Å². The van der Waals surface area contributed by atoms with Crippen LogP contribution in [0.4, 0.5) is 5.82 Å². The van der Waals surface area contributed by atoms with Gasteiger partial charge in [-0.15, -0.1) is 0 Å². The van der Waals surface area contributed by atoms with Gasteiger partial charge < -0.3 is 15.2 Å². The van der Waals surface area contributed by atoms with E-state index in [1.54, 1.807) is 6.33 Å². The molecule has 0 bridgehead atoms. The lowest BCUT2D eigenvalue weighted by molar-refractivity contribution is -0.125. The number of fused-ring (bicyclic) bond motifs is 1. The standard InChI is InChI=1S/C14H17ClN6O/c15-14-19-11-10(16-7-17-11)12(20-14)21-5-3-8(4-6-21)13(22)18-9-1-2-9/h7-9H,1-6H2,(H,18,22)(H,16,17,19,20). The van der Waals surface area contributed by atoms with Gasteiger partial charge in [-0.3, -0.25) is 4.79 Å². The Morgan fingerprint density at radius 2 is 2.05 bits per heavy atom. The lowest BCUT2D eigenvalue weighted by atomic mass is 9.96. The second-order valence-corrected chi connectivity index (χ2v) is 6.30. The third-order valence-electron chi connectivity index (χ3n) is 4.33. The molecule has 1 aliphatic heterocycles. The molecule has 2 aromatic rings. The number of H-pyrrole nitrogens is 1. The maximum Gasteiger partial charge on any atom is 0.226 e. The maximum atomic E-state index is 12.1. The number of nitrogens with zero attached hydrogens (tertiary/aromatic N) is 4. The fraction of sp³-hybridized carbons (Fsp3) is 0.571. The minimum absolute atomic E-state index is 0.103. The highest BCUT2D eigenvalue weighted by Gasteiger charge is 2.30. The number of hydrogen-bond acceptors (Lipinski definition) is 5. The van der Waals surface area contributed by atoms with Crippen LogP contribution >= 0.6 is 11.6 Å². The monoisotopic (exact) mass is 320 g/mol. The molecule has 22 heavy (non-hydrogen) atoms. The lowest BCUT2D eigenvalue weighted by Crippen LogP contribution is -2.41. The molecule has 0 spiro atoms. The zero-order valence-electron chi connectivity index (χ0n) is 12.0. The number of carbonyl (C=O) groups excluding carboxylic acids is 1. The van der Waals surface area contributed by atoms with Crippen LogP contribution in [0.3, 0.4) is 0 Å². The SMILES string of the molecule is O=C(NC1CC1)C1CCN(c2nc(Cl)nc3nc[nH]c23)CC1. The summed E-state index contributed by atoms with van der Waals surface area (Å²) >= 11 is 5.98. The highest BCUT2D eigenvalue weighted by atomic mass is 35.5. The van der Waals surface area contributed by atoms with Gasteiger partial charge in [0.25, 0.3) is 0 Å². The molecule has 0 unspecified atom stereocenters. The molecule has 1 saturated heterocycles. The van der Waals surface area contributed by atoms with Crippen LogP contribution in [0.25, 0.3) is 11.2 Å². The molecule has 1 saturated carbocycles. The molecular weight excluding hydrogens is 304 g/mol. The zero-order chi connectivity index (χ0) is 15.1. The second kappa shape index (κ2) is 5.39. The van der Waals surface area contributed by atoms with Gasteiger partial charge in [0.05, 0.1) is 6.33 Å². The van der Waals surface area contributed by atoms with Crippen LogP contribution in [0.1, 0.15) is 25.7 Å². The van der Waals surface area contributed by atoms with Crippen molar-refractivity contribution in [2.24, 2.45) is 5.92 Å². The summed E-state index contributed by atoms with van der Waals surface area (Å²) in [6, 6.07) is 0.427. The highest BCUT2D eigenvalue weighted by Crippen LogP contribution is 2.28. The van der Waals surface area contributed by atoms with Crippen LogP contribution in [-0.4, -0.2) is 45.0 Å². The quantitative estimate of drug-likeness (QED) is 0.837. The van der Waals surface area contributed by atoms with Crippen LogP contribution in [-0.2, 0) is 4.79 Å². The number of imidazole rings is 1. The third kappa shape index (κ3) is 2.61. The molecule has 1 amide bonds. The molecule has 7 nitrogen and oxygen atoms in total. The van der Waals surface area contributed by atoms with Crippen molar-refractivity contribution in [2.75, 3.05) is 18.0 Å². The van der Waals surface area contributed by atoms with Crippen molar-refractivity contribution in [3.05, 3.63) is 11.6 Å². The minimum Gasteiger partial charge on any atom is -0.355 e. The number of hydrogen-bond donors (Lipinski definition) is 2. The van der Waals surface area contributed by atoms with Crippen molar-refractivity contribution in [3.63, 3.8) is 0 Å². The molecule has 2 aromatic heterocycles. The van der Waals surface area contributed by atoms with Crippen LogP contribution in [0, 0.1) is 5.92 Å². The fourth-order valence-corrected chi connectivity index (χ4v) is 3.08. The molecule has 0 aromatic carbocycles. The minimum atomic E-state index is 0.103. The summed E-state index contributed by atoms with van der Waals surface area (Å²) < 4.78 is 0. The number of nitrogens with one attached hydrogen (secondary N) is 2. The molecule has 4 rings (SSSR count). The molecule has 2 fully saturated rings. The van der Waals surface area contributed by atoms with Gasteiger partial charge >= 0.3 is 0 Å². The van der Waals surface area contributed by atoms with Gasteiger partial charge in [0.2, 0.25) is 11.2 Å². The Morgan fingerprint density at radius 1 is 1.27 bits per heavy atom. The van der Waals surface area contributed by atoms with Gasteiger partial charge in [-0.25, -0.2) is 4.98 Å². The van der Waals surface area contributed by atoms with E-state index in [1.165, 1.54) is 0 Å². The molecule has 2 N–H and O–H groups in total. The van der Waals surface area contributed by atoms with E-state index in [1.807, 2.05) is 0 Å². The average Bonchev–Trinajstić information content (AvgIpc) is 3.21. The van der Waals surface area contributed by atoms with Crippen LogP contribution in [0.2, 0.25) is 5.28 Å². The lowest BCUT2D eigenvalue weighted by Gasteiger charge is -2.32. The summed E-state index contributed by atoms with van der Waals surface area (Å²) in [5, 5.41) is 3.29. The summed E-state index contributed by atoms with van der Waals surface area (Å²) in [5.74, 6) is 1.08. The Morgan fingerprint density at radius 3 is 2.77 bits per heavy atom. The van der Waals surface area contributed by atoms with Crippen molar-refractivity contribution in [3.8, 4) is 0 Å². The molecule has 116 valence electrons. The number of aromatic nitrogens is 4. The molecule has 3 heterocycles. The Kier molecular flexibility index (Phi) is 3.37. The number of carbonyl (C=O) groups is 1. The van der Waals surface area contributed by atoms with Crippen LogP contribution in [0.5, 0.6) is 0 Å². The van der Waals surface area contributed by atoms with E-state index in [0.29, 0.717) is 11.7 Å². The van der Waals surface area contributed by atoms with Gasteiger partial charge in [-0.2, -0.15) is 9.97 Å². The topological polar surface area (TPSA) is 86.8 Å². The molecule has 1 aliphatic carbocycles. The van der Waals surface area contributed by atoms with E-state index in [0.717, 1.165) is 50.1 Å². The predicted molar refractivity (Wildman–Crippen MR) is 82.8 cm³/mol. The first kappa shape index (κ1) is 13.8. The van der Waals surface area contributed by atoms with Crippen molar-refractivity contribution in [1.29, 1.82) is 0 Å². The van der Waals surface area contributed by atoms with E-state index >= 15 is 0 Å². The van der Waals surface area contributed by atoms with Gasteiger partial charge in [0, 0.05) is 25.0 Å². The summed E-state index contributed by atoms with van der Waals surface area (Å²) in [7, 11) is 0. The van der Waals surface area contributed by atoms with E-state index < -0.39 is 0 Å². The molecule has 0 radical (unpaired) electrons. The van der Waals surface area contributed by atoms with Crippen molar-refractivity contribution in [1.82, 2.24) is 25.3 Å². The Balaban J connectivity index is 1.48. The van der Waals surface area contributed by atoms with E-state index in [-0.39, 0.29) is 17.1 Å². The van der Waals surface area contributed by atoms with Gasteiger partial charge in [-0.1, -0.05) is 0 Å². The summed E-state index contributed by atoms with van der Waals surface area (Å²) in [4.78, 5) is 29.9. The number of anilines is 1. The fourth-order valence-electron chi connectivity index (χ4n) is 2.92. The van der Waals surface area contributed by atoms with Gasteiger partial charge in [-0.05, 0) is 37.3 Å². The summed E-state index contributed by atoms with van der Waals surface area (Å²) in [6.45, 7) is 1.56. The average molecular weight is 321 g/mol. The number of aromatic amines is 1. The first-order valence-corrected chi connectivity index (χ1v) is 8.00. The van der Waals surface area contributed by atoms with Crippen LogP contribution < -0.4 is 10.2 Å². The Bertz CT molecular complexity index is 704. The van der Waals surface area contributed by atoms with E-state index in [2.05, 4.69) is 30.2 Å². The first-order chi connectivity index (χ1) is 10.7. The Labute approximate surface area is 132 Å². The van der Waals surface area contributed by atoms with Gasteiger partial charge in [0.1, 0.15) is 5.52 Å². The molecular formula is C14H17ClN6O. The Hall–Kier alpha value is -1.89. The van der Waals surface area contributed by atoms with Gasteiger partial charge in [0.15, 0.2) is 11.5 Å². The smallest absolute Gasteiger partial charge is 0.226 e. The number of amides is 1. The summed E-state index contributed by atoms with van der Waals surface area (Å²) in [6.07, 6.45) is 5.50. The number of halogens is 1. The molecule has 0 atom stereocenters. The summed E-state index contributed by atoms with van der Waals surface area (Å²) in [5.41, 5.74) is 1.37. The highest BCUT2D eigenvalue weighted by molar-refractivity contribution is 6.28. The largest absolute Gasteiger partial charge is 0.355 e. The molecule has 2 aliphatic rings. The maximum absolute atomic E-state index is 12.1. The van der Waals surface area contributed by atoms with Crippen molar-refractivity contribution in [2.45, 2.75) is 31.7 Å². The first-order valence-electron chi connectivity index (χ1n) is 7.62. The van der Waals surface area contributed by atoms with Crippen LogP contribution in [0.15, 0.2) is 6.33 Å². The van der Waals surface area contributed by atoms with Crippen molar-refractivity contribution < 1.29 is 4.79 Å². The second-order valence-electron chi connectivity index (χ2n) is 5.96. The molecule has 8 heteroatoms. The normalized spacial score (nSPS) is 19.6. The van der Waals surface area contributed by atoms with Crippen molar-refractivity contribution >= 4 is 34.5 Å². The number of rotatable bonds is 3. The van der Waals surface area contributed by atoms with E-state index in [4.69, 9.17) is 11.6 Å².